The third kappa shape index (κ3) is 3.33. The summed E-state index contributed by atoms with van der Waals surface area (Å²) in [7, 11) is 0. The monoisotopic (exact) mass is 343 g/mol. The van der Waals surface area contributed by atoms with Crippen LogP contribution in [0.4, 0.5) is 0 Å². The van der Waals surface area contributed by atoms with E-state index in [1.807, 2.05) is 13.0 Å². The Morgan fingerprint density at radius 1 is 1.33 bits per heavy atom. The van der Waals surface area contributed by atoms with Gasteiger partial charge in [-0.2, -0.15) is 0 Å². The van der Waals surface area contributed by atoms with Crippen molar-refractivity contribution >= 4 is 28.1 Å². The minimum absolute atomic E-state index is 0.219. The molecule has 0 saturated carbocycles. The predicted octanol–water partition coefficient (Wildman–Crippen LogP) is 1.48. The second-order valence-electron chi connectivity index (χ2n) is 5.41. The molecule has 0 unspecified atom stereocenters. The summed E-state index contributed by atoms with van der Waals surface area (Å²) in [5, 5.41) is 13.1. The average molecular weight is 343 g/mol. The van der Waals surface area contributed by atoms with Crippen LogP contribution in [0.3, 0.4) is 0 Å². The van der Waals surface area contributed by atoms with E-state index in [1.165, 1.54) is 22.2 Å². The van der Waals surface area contributed by atoms with E-state index in [2.05, 4.69) is 20.5 Å². The Hall–Kier alpha value is -2.61. The quantitative estimate of drug-likeness (QED) is 0.758. The van der Waals surface area contributed by atoms with E-state index in [-0.39, 0.29) is 11.5 Å². The number of nitrogens with one attached hydrogen (secondary N) is 1. The van der Waals surface area contributed by atoms with Gasteiger partial charge in [0.15, 0.2) is 0 Å². The molecule has 0 spiro atoms. The Morgan fingerprint density at radius 2 is 2.12 bits per heavy atom. The minimum atomic E-state index is -0.634. The zero-order valence-corrected chi connectivity index (χ0v) is 14.2. The molecule has 0 radical (unpaired) electrons. The SMILES string of the molecule is Cc1nnc(CCNC(=O)[C@H](C)n2cnc3ccccc3c2=O)s1. The first-order valence-electron chi connectivity index (χ1n) is 7.59. The lowest BCUT2D eigenvalue weighted by Crippen LogP contribution is -2.36. The van der Waals surface area contributed by atoms with Gasteiger partial charge in [-0.15, -0.1) is 21.5 Å². The number of nitrogens with zero attached hydrogens (tertiary/aromatic N) is 4. The number of hydrogen-bond acceptors (Lipinski definition) is 6. The molecule has 3 aromatic rings. The molecule has 2 aromatic heterocycles. The maximum atomic E-state index is 12.5. The second-order valence-corrected chi connectivity index (χ2v) is 6.67. The van der Waals surface area contributed by atoms with Crippen LogP contribution in [0.15, 0.2) is 35.4 Å². The second kappa shape index (κ2) is 6.88. The van der Waals surface area contributed by atoms with Gasteiger partial charge in [0.25, 0.3) is 5.56 Å². The van der Waals surface area contributed by atoms with Gasteiger partial charge in [-0.25, -0.2) is 4.98 Å². The summed E-state index contributed by atoms with van der Waals surface area (Å²) in [5.74, 6) is -0.226. The van der Waals surface area contributed by atoms with Crippen molar-refractivity contribution in [3.8, 4) is 0 Å². The molecule has 0 aliphatic rings. The standard InChI is InChI=1S/C16H17N5O2S/c1-10(15(22)17-8-7-14-20-19-11(2)24-14)21-9-18-13-6-4-3-5-12(13)16(21)23/h3-6,9-10H,7-8H2,1-2H3,(H,17,22)/t10-/m0/s1. The number of aromatic nitrogens is 4. The third-order valence-corrected chi connectivity index (χ3v) is 4.59. The fraction of sp³-hybridized carbons (Fsp3) is 0.312. The Morgan fingerprint density at radius 3 is 2.88 bits per heavy atom. The van der Waals surface area contributed by atoms with Gasteiger partial charge < -0.3 is 5.32 Å². The molecular formula is C16H17N5O2S. The van der Waals surface area contributed by atoms with Crippen LogP contribution in [0.5, 0.6) is 0 Å². The smallest absolute Gasteiger partial charge is 0.261 e. The summed E-state index contributed by atoms with van der Waals surface area (Å²) >= 11 is 1.51. The number of fused-ring (bicyclic) bond motifs is 1. The Kier molecular flexibility index (Phi) is 4.66. The lowest BCUT2D eigenvalue weighted by Gasteiger charge is -2.15. The van der Waals surface area contributed by atoms with Crippen molar-refractivity contribution in [2.75, 3.05) is 6.54 Å². The summed E-state index contributed by atoms with van der Waals surface area (Å²) < 4.78 is 1.35. The normalized spacial score (nSPS) is 12.2. The maximum absolute atomic E-state index is 12.5. The molecule has 1 atom stereocenters. The molecule has 24 heavy (non-hydrogen) atoms. The lowest BCUT2D eigenvalue weighted by molar-refractivity contribution is -0.123. The van der Waals surface area contributed by atoms with Crippen molar-refractivity contribution in [3.05, 3.63) is 51.0 Å². The summed E-state index contributed by atoms with van der Waals surface area (Å²) in [5.41, 5.74) is 0.404. The van der Waals surface area contributed by atoms with Gasteiger partial charge in [-0.05, 0) is 26.0 Å². The van der Waals surface area contributed by atoms with Crippen LogP contribution in [0.2, 0.25) is 0 Å². The largest absolute Gasteiger partial charge is 0.354 e. The molecular weight excluding hydrogens is 326 g/mol. The van der Waals surface area contributed by atoms with Crippen molar-refractivity contribution in [1.29, 1.82) is 0 Å². The van der Waals surface area contributed by atoms with Crippen LogP contribution in [-0.4, -0.2) is 32.2 Å². The molecule has 0 fully saturated rings. The molecule has 0 bridgehead atoms. The van der Waals surface area contributed by atoms with Gasteiger partial charge in [0, 0.05) is 13.0 Å². The molecule has 0 saturated heterocycles. The van der Waals surface area contributed by atoms with E-state index in [0.717, 1.165) is 10.0 Å². The first kappa shape index (κ1) is 16.3. The summed E-state index contributed by atoms with van der Waals surface area (Å²) in [4.78, 5) is 29.0. The summed E-state index contributed by atoms with van der Waals surface area (Å²) in [6, 6.07) is 6.46. The first-order valence-corrected chi connectivity index (χ1v) is 8.40. The molecule has 3 rings (SSSR count). The Labute approximate surface area is 142 Å². The number of carbonyl (C=O) groups excluding carboxylic acids is 1. The van der Waals surface area contributed by atoms with Crippen molar-refractivity contribution < 1.29 is 4.79 Å². The number of benzene rings is 1. The minimum Gasteiger partial charge on any atom is -0.354 e. The van der Waals surface area contributed by atoms with E-state index in [0.29, 0.717) is 23.9 Å². The van der Waals surface area contributed by atoms with Crippen molar-refractivity contribution in [2.24, 2.45) is 0 Å². The number of para-hydroxylation sites is 1. The van der Waals surface area contributed by atoms with Gasteiger partial charge in [0.1, 0.15) is 16.1 Å². The van der Waals surface area contributed by atoms with E-state index < -0.39 is 6.04 Å². The zero-order valence-electron chi connectivity index (χ0n) is 13.4. The Bertz CT molecular complexity index is 933. The van der Waals surface area contributed by atoms with E-state index in [9.17, 15) is 9.59 Å². The maximum Gasteiger partial charge on any atom is 0.261 e. The van der Waals surface area contributed by atoms with Crippen molar-refractivity contribution in [3.63, 3.8) is 0 Å². The molecule has 0 aliphatic carbocycles. The molecule has 8 heteroatoms. The highest BCUT2D eigenvalue weighted by Crippen LogP contribution is 2.10. The number of hydrogen-bond donors (Lipinski definition) is 1. The van der Waals surface area contributed by atoms with Gasteiger partial charge in [0.05, 0.1) is 17.2 Å². The van der Waals surface area contributed by atoms with E-state index in [4.69, 9.17) is 0 Å². The third-order valence-electron chi connectivity index (χ3n) is 3.69. The topological polar surface area (TPSA) is 89.8 Å². The highest BCUT2D eigenvalue weighted by atomic mass is 32.1. The highest BCUT2D eigenvalue weighted by molar-refractivity contribution is 7.11. The first-order chi connectivity index (χ1) is 11.6. The lowest BCUT2D eigenvalue weighted by atomic mass is 10.2. The van der Waals surface area contributed by atoms with Crippen LogP contribution in [0.1, 0.15) is 23.0 Å². The molecule has 124 valence electrons. The predicted molar refractivity (Wildman–Crippen MR) is 92.1 cm³/mol. The number of rotatable bonds is 5. The molecule has 7 nitrogen and oxygen atoms in total. The van der Waals surface area contributed by atoms with Crippen LogP contribution in [0, 0.1) is 6.92 Å². The van der Waals surface area contributed by atoms with Crippen LogP contribution in [-0.2, 0) is 11.2 Å². The molecule has 2 heterocycles. The van der Waals surface area contributed by atoms with Crippen molar-refractivity contribution in [1.82, 2.24) is 25.1 Å². The Balaban J connectivity index is 1.69. The van der Waals surface area contributed by atoms with Gasteiger partial charge in [-0.1, -0.05) is 12.1 Å². The zero-order chi connectivity index (χ0) is 17.1. The van der Waals surface area contributed by atoms with E-state index >= 15 is 0 Å². The van der Waals surface area contributed by atoms with Crippen LogP contribution >= 0.6 is 11.3 Å². The number of aryl methyl sites for hydroxylation is 1. The van der Waals surface area contributed by atoms with Crippen LogP contribution < -0.4 is 10.9 Å². The fourth-order valence-corrected chi connectivity index (χ4v) is 3.07. The van der Waals surface area contributed by atoms with Crippen molar-refractivity contribution in [2.45, 2.75) is 26.3 Å². The fourth-order valence-electron chi connectivity index (χ4n) is 2.36. The summed E-state index contributed by atoms with van der Waals surface area (Å²) in [6.45, 7) is 4.02. The summed E-state index contributed by atoms with van der Waals surface area (Å²) in [6.07, 6.45) is 2.04. The molecule has 0 aliphatic heterocycles. The van der Waals surface area contributed by atoms with Gasteiger partial charge in [0.2, 0.25) is 5.91 Å². The molecule has 1 aromatic carbocycles. The average Bonchev–Trinajstić information content (AvgIpc) is 3.00. The van der Waals surface area contributed by atoms with Gasteiger partial charge in [-0.3, -0.25) is 14.2 Å². The highest BCUT2D eigenvalue weighted by Gasteiger charge is 2.17. The van der Waals surface area contributed by atoms with Gasteiger partial charge >= 0.3 is 0 Å². The van der Waals surface area contributed by atoms with Crippen LogP contribution in [0.25, 0.3) is 10.9 Å². The number of amides is 1. The molecule has 1 amide bonds. The molecule has 1 N–H and O–H groups in total. The van der Waals surface area contributed by atoms with E-state index in [1.54, 1.807) is 25.1 Å². The number of carbonyl (C=O) groups is 1.